The predicted octanol–water partition coefficient (Wildman–Crippen LogP) is 1.96. The summed E-state index contributed by atoms with van der Waals surface area (Å²) in [5, 5.41) is 5.97. The molecule has 1 unspecified atom stereocenters. The third-order valence-electron chi connectivity index (χ3n) is 4.38. The Balaban J connectivity index is 0. The van der Waals surface area contributed by atoms with Gasteiger partial charge in [-0.05, 0) is 25.2 Å². The fourth-order valence-corrected chi connectivity index (χ4v) is 2.76. The Kier molecular flexibility index (Phi) is 15.1. The van der Waals surface area contributed by atoms with Crippen LogP contribution in [0.5, 0.6) is 0 Å². The lowest BCUT2D eigenvalue weighted by molar-refractivity contribution is -0.124. The van der Waals surface area contributed by atoms with E-state index in [4.69, 9.17) is 0 Å². The Labute approximate surface area is 175 Å². The van der Waals surface area contributed by atoms with Crippen LogP contribution in [0.1, 0.15) is 19.4 Å². The van der Waals surface area contributed by atoms with Crippen molar-refractivity contribution in [2.75, 3.05) is 51.2 Å². The van der Waals surface area contributed by atoms with Crippen LogP contribution in [0.15, 0.2) is 18.3 Å². The summed E-state index contributed by atoms with van der Waals surface area (Å²) in [6.07, 6.45) is 1.87. The normalized spacial score (nSPS) is 15.1. The van der Waals surface area contributed by atoms with E-state index in [-0.39, 0.29) is 49.0 Å². The number of anilines is 1. The van der Waals surface area contributed by atoms with Gasteiger partial charge in [-0.15, -0.1) is 37.2 Å². The first-order valence-corrected chi connectivity index (χ1v) is 8.48. The van der Waals surface area contributed by atoms with Gasteiger partial charge in [0.05, 0.1) is 0 Å². The van der Waals surface area contributed by atoms with Gasteiger partial charge in [-0.1, -0.05) is 19.9 Å². The summed E-state index contributed by atoms with van der Waals surface area (Å²) in [6.45, 7) is 10.7. The number of carbonyl (C=O) groups excluding carboxylic acids is 1. The number of aromatic nitrogens is 1. The lowest BCUT2D eigenvalue weighted by Crippen LogP contribution is -2.46. The summed E-state index contributed by atoms with van der Waals surface area (Å²) >= 11 is 0. The third-order valence-corrected chi connectivity index (χ3v) is 4.38. The van der Waals surface area contributed by atoms with Crippen molar-refractivity contribution in [2.45, 2.75) is 20.4 Å². The molecule has 6 nitrogen and oxygen atoms in total. The van der Waals surface area contributed by atoms with Crippen molar-refractivity contribution in [2.24, 2.45) is 5.92 Å². The smallest absolute Gasteiger partial charge is 0.224 e. The van der Waals surface area contributed by atoms with Crippen LogP contribution in [0, 0.1) is 5.92 Å². The van der Waals surface area contributed by atoms with Crippen LogP contribution in [0.25, 0.3) is 0 Å². The first-order chi connectivity index (χ1) is 11.1. The van der Waals surface area contributed by atoms with E-state index in [2.05, 4.69) is 44.5 Å². The molecule has 2 N–H and O–H groups in total. The van der Waals surface area contributed by atoms with Crippen molar-refractivity contribution in [3.63, 3.8) is 0 Å². The largest absolute Gasteiger partial charge is 0.354 e. The number of likely N-dealkylation sites (N-methyl/N-ethyl adjacent to an activating group) is 1. The van der Waals surface area contributed by atoms with Crippen LogP contribution in [-0.2, 0) is 11.3 Å². The Bertz CT molecular complexity index is 496. The predicted molar refractivity (Wildman–Crippen MR) is 115 cm³/mol. The highest BCUT2D eigenvalue weighted by Gasteiger charge is 2.16. The standard InChI is InChI=1S/C17H29N5O.3ClH/c1-4-21-7-9-22(10-8-21)16-6-5-15(12-19-16)13-20-17(23)14(2)11-18-3;;;/h5-6,12,14,18H,4,7-11,13H2,1-3H3,(H,20,23);3*1H. The molecule has 9 heteroatoms. The number of hydrogen-bond acceptors (Lipinski definition) is 5. The minimum absolute atomic E-state index is 0. The van der Waals surface area contributed by atoms with Crippen LogP contribution < -0.4 is 15.5 Å². The van der Waals surface area contributed by atoms with Gasteiger partial charge in [-0.25, -0.2) is 4.98 Å². The molecule has 1 aromatic rings. The van der Waals surface area contributed by atoms with Crippen molar-refractivity contribution in [3.8, 4) is 0 Å². The second-order valence-electron chi connectivity index (χ2n) is 6.12. The molecular weight excluding hydrogens is 397 g/mol. The number of nitrogens with zero attached hydrogens (tertiary/aromatic N) is 3. The van der Waals surface area contributed by atoms with Crippen molar-refractivity contribution in [3.05, 3.63) is 23.9 Å². The summed E-state index contributed by atoms with van der Waals surface area (Å²) < 4.78 is 0. The third kappa shape index (κ3) is 8.27. The number of carbonyl (C=O) groups is 1. The number of piperazine rings is 1. The van der Waals surface area contributed by atoms with Gasteiger partial charge in [0.2, 0.25) is 5.91 Å². The molecule has 1 aliphatic rings. The van der Waals surface area contributed by atoms with E-state index in [1.807, 2.05) is 20.2 Å². The molecule has 0 spiro atoms. The van der Waals surface area contributed by atoms with Gasteiger partial charge in [0.1, 0.15) is 5.82 Å². The molecule has 1 fully saturated rings. The number of halogens is 3. The summed E-state index contributed by atoms with van der Waals surface area (Å²) in [5.74, 6) is 1.07. The average Bonchev–Trinajstić information content (AvgIpc) is 2.60. The quantitative estimate of drug-likeness (QED) is 0.695. The monoisotopic (exact) mass is 427 g/mol. The number of nitrogens with one attached hydrogen (secondary N) is 2. The molecule has 0 bridgehead atoms. The molecule has 0 aromatic carbocycles. The van der Waals surface area contributed by atoms with E-state index >= 15 is 0 Å². The number of hydrogen-bond donors (Lipinski definition) is 2. The molecule has 26 heavy (non-hydrogen) atoms. The van der Waals surface area contributed by atoms with Crippen LogP contribution >= 0.6 is 37.2 Å². The Morgan fingerprint density at radius 1 is 1.19 bits per heavy atom. The SMILES string of the molecule is CCN1CCN(c2ccc(CNC(=O)C(C)CNC)cn2)CC1.Cl.Cl.Cl. The average molecular weight is 429 g/mol. The molecular formula is C17H32Cl3N5O. The van der Waals surface area contributed by atoms with E-state index in [1.165, 1.54) is 0 Å². The molecule has 1 aromatic heterocycles. The fourth-order valence-electron chi connectivity index (χ4n) is 2.76. The van der Waals surface area contributed by atoms with E-state index < -0.39 is 0 Å². The van der Waals surface area contributed by atoms with Crippen LogP contribution in [0.2, 0.25) is 0 Å². The maximum absolute atomic E-state index is 11.9. The fraction of sp³-hybridized carbons (Fsp3) is 0.647. The van der Waals surface area contributed by atoms with Gasteiger partial charge < -0.3 is 20.4 Å². The molecule has 152 valence electrons. The van der Waals surface area contributed by atoms with Crippen molar-refractivity contribution in [1.82, 2.24) is 20.5 Å². The van der Waals surface area contributed by atoms with E-state index in [1.54, 1.807) is 0 Å². The number of pyridine rings is 1. The van der Waals surface area contributed by atoms with Gasteiger partial charge in [0.25, 0.3) is 0 Å². The van der Waals surface area contributed by atoms with E-state index in [0.717, 1.165) is 44.1 Å². The summed E-state index contributed by atoms with van der Waals surface area (Å²) in [4.78, 5) is 21.2. The van der Waals surface area contributed by atoms with E-state index in [0.29, 0.717) is 13.1 Å². The van der Waals surface area contributed by atoms with E-state index in [9.17, 15) is 4.79 Å². The van der Waals surface area contributed by atoms with Crippen LogP contribution in [-0.4, -0.2) is 62.1 Å². The van der Waals surface area contributed by atoms with Crippen molar-refractivity contribution >= 4 is 48.9 Å². The first kappa shape index (κ1) is 27.4. The maximum atomic E-state index is 11.9. The Morgan fingerprint density at radius 3 is 2.35 bits per heavy atom. The molecule has 1 aliphatic heterocycles. The highest BCUT2D eigenvalue weighted by molar-refractivity contribution is 5.86. The zero-order valence-electron chi connectivity index (χ0n) is 15.7. The molecule has 1 saturated heterocycles. The summed E-state index contributed by atoms with van der Waals surface area (Å²) in [5.41, 5.74) is 1.03. The highest BCUT2D eigenvalue weighted by atomic mass is 35.5. The minimum Gasteiger partial charge on any atom is -0.354 e. The van der Waals surface area contributed by atoms with Crippen molar-refractivity contribution < 1.29 is 4.79 Å². The minimum atomic E-state index is -0.0258. The van der Waals surface area contributed by atoms with Crippen molar-refractivity contribution in [1.29, 1.82) is 0 Å². The molecule has 0 radical (unpaired) electrons. The lowest BCUT2D eigenvalue weighted by atomic mass is 10.1. The number of rotatable bonds is 7. The molecule has 0 aliphatic carbocycles. The second kappa shape index (κ2) is 14.3. The number of amides is 1. The Hall–Kier alpha value is -0.790. The van der Waals surface area contributed by atoms with Gasteiger partial charge >= 0.3 is 0 Å². The zero-order valence-corrected chi connectivity index (χ0v) is 18.2. The van der Waals surface area contributed by atoms with Crippen LogP contribution in [0.4, 0.5) is 5.82 Å². The van der Waals surface area contributed by atoms with Gasteiger partial charge in [-0.2, -0.15) is 0 Å². The lowest BCUT2D eigenvalue weighted by Gasteiger charge is -2.34. The highest BCUT2D eigenvalue weighted by Crippen LogP contribution is 2.14. The second-order valence-corrected chi connectivity index (χ2v) is 6.12. The molecule has 2 rings (SSSR count). The Morgan fingerprint density at radius 2 is 1.85 bits per heavy atom. The molecule has 1 atom stereocenters. The topological polar surface area (TPSA) is 60.5 Å². The zero-order chi connectivity index (χ0) is 16.7. The van der Waals surface area contributed by atoms with Gasteiger partial charge in [0.15, 0.2) is 0 Å². The summed E-state index contributed by atoms with van der Waals surface area (Å²) in [7, 11) is 1.85. The van der Waals surface area contributed by atoms with Crippen LogP contribution in [0.3, 0.4) is 0 Å². The molecule has 2 heterocycles. The summed E-state index contributed by atoms with van der Waals surface area (Å²) in [6, 6.07) is 4.11. The van der Waals surface area contributed by atoms with Gasteiger partial charge in [0, 0.05) is 51.4 Å². The molecule has 0 saturated carbocycles. The van der Waals surface area contributed by atoms with Gasteiger partial charge in [-0.3, -0.25) is 4.79 Å². The molecule has 1 amide bonds. The maximum Gasteiger partial charge on any atom is 0.224 e. The first-order valence-electron chi connectivity index (χ1n) is 8.48.